The fraction of sp³-hybridized carbons (Fsp3) is 0.292. The number of anilines is 3. The van der Waals surface area contributed by atoms with Crippen LogP contribution in [0.5, 0.6) is 5.75 Å². The Morgan fingerprint density at radius 1 is 1.14 bits per heavy atom. The summed E-state index contributed by atoms with van der Waals surface area (Å²) in [6.07, 6.45) is 3.95. The fourth-order valence-electron chi connectivity index (χ4n) is 3.45. The second kappa shape index (κ2) is 10.2. The number of ether oxygens (including phenoxy) is 1. The number of hydrogen-bond donors (Lipinski definition) is 3. The van der Waals surface area contributed by atoms with Gasteiger partial charge in [-0.25, -0.2) is 19.2 Å². The van der Waals surface area contributed by atoms with E-state index in [9.17, 15) is 18.4 Å². The number of carbonyl (C=O) groups excluding carboxylic acids is 2. The van der Waals surface area contributed by atoms with Crippen molar-refractivity contribution < 1.29 is 27.9 Å². The molecule has 3 N–H and O–H groups in total. The molecule has 2 heterocycles. The Bertz CT molecular complexity index is 1290. The number of aryl methyl sites for hydroxylation is 1. The Hall–Kier alpha value is -4.19. The summed E-state index contributed by atoms with van der Waals surface area (Å²) >= 11 is 0. The van der Waals surface area contributed by atoms with Crippen molar-refractivity contribution in [2.75, 3.05) is 24.4 Å². The molecule has 1 unspecified atom stereocenters. The number of hydroxylamine groups is 1. The van der Waals surface area contributed by atoms with Crippen LogP contribution in [0.2, 0.25) is 0 Å². The quantitative estimate of drug-likeness (QED) is 0.380. The number of para-hydroxylation sites is 1. The Kier molecular flexibility index (Phi) is 7.06. The highest BCUT2D eigenvalue weighted by molar-refractivity contribution is 6.01. The lowest BCUT2D eigenvalue weighted by Crippen LogP contribution is -2.25. The van der Waals surface area contributed by atoms with E-state index in [1.807, 2.05) is 6.92 Å². The zero-order chi connectivity index (χ0) is 25.9. The highest BCUT2D eigenvalue weighted by Crippen LogP contribution is 2.49. The van der Waals surface area contributed by atoms with Gasteiger partial charge >= 0.3 is 0 Å². The molecule has 1 aliphatic carbocycles. The van der Waals surface area contributed by atoms with Gasteiger partial charge in [0.05, 0.1) is 48.2 Å². The van der Waals surface area contributed by atoms with E-state index in [1.165, 1.54) is 19.4 Å². The maximum Gasteiger partial charge on any atom is 0.278 e. The van der Waals surface area contributed by atoms with Crippen LogP contribution in [0.3, 0.4) is 0 Å². The van der Waals surface area contributed by atoms with Gasteiger partial charge < -0.3 is 15.4 Å². The molecule has 0 spiro atoms. The van der Waals surface area contributed by atoms with Crippen molar-refractivity contribution in [3.05, 3.63) is 54.1 Å². The lowest BCUT2D eigenvalue weighted by Gasteiger charge is -2.17. The number of benzene rings is 1. The first-order valence-corrected chi connectivity index (χ1v) is 11.1. The third-order valence-electron chi connectivity index (χ3n) is 5.40. The van der Waals surface area contributed by atoms with Crippen molar-refractivity contribution in [3.63, 3.8) is 0 Å². The van der Waals surface area contributed by atoms with Gasteiger partial charge in [0.15, 0.2) is 5.75 Å². The predicted molar refractivity (Wildman–Crippen MR) is 127 cm³/mol. The molecular weight excluding hydrogens is 474 g/mol. The molecule has 2 amide bonds. The van der Waals surface area contributed by atoms with E-state index in [1.54, 1.807) is 37.5 Å². The molecule has 1 fully saturated rings. The van der Waals surface area contributed by atoms with E-state index in [-0.39, 0.29) is 23.7 Å². The minimum atomic E-state index is -3.02. The topological polar surface area (TPSA) is 127 Å². The Balaban J connectivity index is 1.69. The molecule has 1 aliphatic rings. The monoisotopic (exact) mass is 498 g/mol. The average molecular weight is 498 g/mol. The lowest BCUT2D eigenvalue weighted by atomic mass is 10.1. The summed E-state index contributed by atoms with van der Waals surface area (Å²) in [6.45, 7) is 3.76. The Morgan fingerprint density at radius 3 is 2.56 bits per heavy atom. The third-order valence-corrected chi connectivity index (χ3v) is 5.40. The van der Waals surface area contributed by atoms with Gasteiger partial charge in [0.1, 0.15) is 11.7 Å². The summed E-state index contributed by atoms with van der Waals surface area (Å²) < 4.78 is 32.2. The number of carbonyl (C=O) groups is 2. The summed E-state index contributed by atoms with van der Waals surface area (Å²) in [5.74, 6) is -5.44. The van der Waals surface area contributed by atoms with Crippen LogP contribution >= 0.6 is 0 Å². The van der Waals surface area contributed by atoms with Crippen LogP contribution in [0.1, 0.15) is 29.4 Å². The molecular formula is C24H24F2N6O4. The molecule has 1 atom stereocenters. The van der Waals surface area contributed by atoms with Gasteiger partial charge in [-0.3, -0.25) is 24.4 Å². The number of methoxy groups -OCH3 is 1. The zero-order valence-electron chi connectivity index (χ0n) is 19.8. The number of nitrogens with one attached hydrogen (secondary N) is 3. The van der Waals surface area contributed by atoms with Crippen molar-refractivity contribution >= 4 is 29.0 Å². The minimum absolute atomic E-state index is 0.00215. The summed E-state index contributed by atoms with van der Waals surface area (Å²) in [6, 6.07) is 6.66. The van der Waals surface area contributed by atoms with E-state index in [4.69, 9.17) is 9.57 Å². The number of hydrogen-bond acceptors (Lipinski definition) is 8. The van der Waals surface area contributed by atoms with Crippen LogP contribution in [0.15, 0.2) is 42.9 Å². The molecule has 2 aromatic heterocycles. The van der Waals surface area contributed by atoms with Crippen molar-refractivity contribution in [1.29, 1.82) is 0 Å². The Morgan fingerprint density at radius 2 is 1.92 bits per heavy atom. The smallest absolute Gasteiger partial charge is 0.278 e. The number of pyridine rings is 1. The van der Waals surface area contributed by atoms with Crippen molar-refractivity contribution in [3.8, 4) is 17.0 Å². The van der Waals surface area contributed by atoms with Crippen molar-refractivity contribution in [2.24, 2.45) is 5.92 Å². The standard InChI is InChI=1S/C24H24F2N6O4/c1-4-36-32-22(33)15-11-29-20(31-23(34)16-9-24(16,25)26)8-18(15)30-17-7-5-6-14(21(17)35-3)19-12-27-13(2)10-28-19/h5-8,10-12,16H,4,9H2,1-3H3,(H,32,33)(H2,29,30,31,34). The van der Waals surface area contributed by atoms with Gasteiger partial charge in [-0.1, -0.05) is 6.07 Å². The largest absolute Gasteiger partial charge is 0.494 e. The second-order valence-electron chi connectivity index (χ2n) is 8.04. The summed E-state index contributed by atoms with van der Waals surface area (Å²) in [4.78, 5) is 42.5. The molecule has 4 rings (SSSR count). The van der Waals surface area contributed by atoms with Crippen LogP contribution in [-0.2, 0) is 9.63 Å². The molecule has 1 saturated carbocycles. The predicted octanol–water partition coefficient (Wildman–Crippen LogP) is 3.87. The van der Waals surface area contributed by atoms with E-state index in [0.717, 1.165) is 5.69 Å². The van der Waals surface area contributed by atoms with Crippen LogP contribution in [0.25, 0.3) is 11.3 Å². The number of halogens is 2. The second-order valence-corrected chi connectivity index (χ2v) is 8.04. The van der Waals surface area contributed by atoms with Crippen LogP contribution in [0, 0.1) is 12.8 Å². The lowest BCUT2D eigenvalue weighted by molar-refractivity contribution is -0.119. The summed E-state index contributed by atoms with van der Waals surface area (Å²) in [5, 5.41) is 5.50. The molecule has 36 heavy (non-hydrogen) atoms. The maximum absolute atomic E-state index is 13.3. The molecule has 0 radical (unpaired) electrons. The average Bonchev–Trinajstić information content (AvgIpc) is 3.51. The van der Waals surface area contributed by atoms with E-state index >= 15 is 0 Å². The zero-order valence-corrected chi connectivity index (χ0v) is 19.8. The highest BCUT2D eigenvalue weighted by Gasteiger charge is 2.61. The summed E-state index contributed by atoms with van der Waals surface area (Å²) in [5.41, 5.74) is 5.05. The van der Waals surface area contributed by atoms with Crippen LogP contribution in [0.4, 0.5) is 26.0 Å². The van der Waals surface area contributed by atoms with Gasteiger partial charge in [-0.2, -0.15) is 0 Å². The van der Waals surface area contributed by atoms with Crippen LogP contribution in [-0.4, -0.2) is 46.4 Å². The van der Waals surface area contributed by atoms with Crippen molar-refractivity contribution in [1.82, 2.24) is 20.4 Å². The van der Waals surface area contributed by atoms with Crippen LogP contribution < -0.4 is 20.9 Å². The van der Waals surface area contributed by atoms with Gasteiger partial charge in [-0.05, 0) is 26.0 Å². The maximum atomic E-state index is 13.3. The number of aromatic nitrogens is 3. The van der Waals surface area contributed by atoms with Gasteiger partial charge in [0, 0.05) is 30.4 Å². The van der Waals surface area contributed by atoms with Gasteiger partial charge in [0.2, 0.25) is 5.91 Å². The number of rotatable bonds is 9. The van der Waals surface area contributed by atoms with Gasteiger partial charge in [-0.15, -0.1) is 0 Å². The van der Waals surface area contributed by atoms with E-state index in [0.29, 0.717) is 22.7 Å². The molecule has 12 heteroatoms. The normalized spacial score (nSPS) is 15.6. The summed E-state index contributed by atoms with van der Waals surface area (Å²) in [7, 11) is 1.49. The van der Waals surface area contributed by atoms with Gasteiger partial charge in [0.25, 0.3) is 11.8 Å². The minimum Gasteiger partial charge on any atom is -0.494 e. The first-order valence-electron chi connectivity index (χ1n) is 11.1. The number of amides is 2. The fourth-order valence-corrected chi connectivity index (χ4v) is 3.45. The molecule has 188 valence electrons. The molecule has 0 bridgehead atoms. The van der Waals surface area contributed by atoms with Crippen molar-refractivity contribution in [2.45, 2.75) is 26.2 Å². The van der Waals surface area contributed by atoms with E-state index < -0.39 is 30.1 Å². The number of nitrogens with zero attached hydrogens (tertiary/aromatic N) is 3. The first-order chi connectivity index (χ1) is 17.2. The third kappa shape index (κ3) is 5.38. The molecule has 0 aliphatic heterocycles. The molecule has 3 aromatic rings. The molecule has 10 nitrogen and oxygen atoms in total. The first kappa shape index (κ1) is 24.9. The SMILES string of the molecule is CCONC(=O)c1cnc(NC(=O)C2CC2(F)F)cc1Nc1cccc(-c2cnc(C)cn2)c1OC. The van der Waals surface area contributed by atoms with E-state index in [2.05, 4.69) is 31.1 Å². The molecule has 0 saturated heterocycles. The Labute approximate surface area is 205 Å². The molecule has 1 aromatic carbocycles. The highest BCUT2D eigenvalue weighted by atomic mass is 19.3. The number of alkyl halides is 2.